The van der Waals surface area contributed by atoms with Gasteiger partial charge in [0, 0.05) is 6.54 Å². The Kier molecular flexibility index (Phi) is 3.73. The summed E-state index contributed by atoms with van der Waals surface area (Å²) in [5, 5.41) is 12.9. The molecular formula is C12H12F2N2O3. The van der Waals surface area contributed by atoms with Gasteiger partial charge in [-0.2, -0.15) is 4.39 Å². The van der Waals surface area contributed by atoms with Crippen molar-refractivity contribution in [1.82, 2.24) is 5.32 Å². The zero-order chi connectivity index (χ0) is 14.0. The zero-order valence-electron chi connectivity index (χ0n) is 9.99. The largest absolute Gasteiger partial charge is 0.352 e. The van der Waals surface area contributed by atoms with E-state index in [9.17, 15) is 23.7 Å². The molecular weight excluding hydrogens is 258 g/mol. The van der Waals surface area contributed by atoms with Gasteiger partial charge in [-0.3, -0.25) is 14.9 Å². The Labute approximate surface area is 107 Å². The van der Waals surface area contributed by atoms with Crippen molar-refractivity contribution in [3.8, 4) is 0 Å². The molecule has 1 fully saturated rings. The third-order valence-electron chi connectivity index (χ3n) is 3.01. The maximum Gasteiger partial charge on any atom is 0.307 e. The van der Waals surface area contributed by atoms with Crippen LogP contribution in [0.4, 0.5) is 14.5 Å². The minimum atomic E-state index is -1.22. The van der Waals surface area contributed by atoms with E-state index in [0.29, 0.717) is 24.6 Å². The van der Waals surface area contributed by atoms with E-state index in [0.717, 1.165) is 19.3 Å². The van der Waals surface area contributed by atoms with E-state index in [1.165, 1.54) is 0 Å². The highest BCUT2D eigenvalue weighted by Gasteiger charge is 2.23. The van der Waals surface area contributed by atoms with Crippen LogP contribution in [0.3, 0.4) is 0 Å². The highest BCUT2D eigenvalue weighted by atomic mass is 19.1. The summed E-state index contributed by atoms with van der Waals surface area (Å²) in [6.45, 7) is 0.390. The number of rotatable bonds is 5. The fraction of sp³-hybridized carbons (Fsp3) is 0.417. The molecule has 0 saturated heterocycles. The lowest BCUT2D eigenvalue weighted by atomic mass is 10.1. The Bertz CT molecular complexity index is 530. The van der Waals surface area contributed by atoms with Crippen molar-refractivity contribution in [1.29, 1.82) is 0 Å². The molecule has 1 aliphatic rings. The molecule has 1 amide bonds. The van der Waals surface area contributed by atoms with Crippen LogP contribution in [-0.4, -0.2) is 17.4 Å². The topological polar surface area (TPSA) is 72.2 Å². The number of halogens is 2. The summed E-state index contributed by atoms with van der Waals surface area (Å²) in [5.74, 6) is -2.47. The highest BCUT2D eigenvalue weighted by Crippen LogP contribution is 2.31. The lowest BCUT2D eigenvalue weighted by Crippen LogP contribution is -2.26. The molecule has 1 aliphatic carbocycles. The summed E-state index contributed by atoms with van der Waals surface area (Å²) < 4.78 is 26.8. The standard InChI is InChI=1S/C12H12F2N2O3/c13-9-6-11(16(18)19)10(14)5-8(9)12(17)15-4-3-7-1-2-7/h5-7H,1-4H2,(H,15,17). The molecule has 2 rings (SSSR count). The van der Waals surface area contributed by atoms with Crippen LogP contribution < -0.4 is 5.32 Å². The molecule has 0 aliphatic heterocycles. The van der Waals surface area contributed by atoms with Crippen LogP contribution in [0.2, 0.25) is 0 Å². The number of nitro benzene ring substituents is 1. The van der Waals surface area contributed by atoms with Crippen LogP contribution in [0, 0.1) is 27.7 Å². The first-order valence-corrected chi connectivity index (χ1v) is 5.90. The Balaban J connectivity index is 2.07. The molecule has 1 saturated carbocycles. The van der Waals surface area contributed by atoms with E-state index in [4.69, 9.17) is 0 Å². The van der Waals surface area contributed by atoms with E-state index in [2.05, 4.69) is 5.32 Å². The van der Waals surface area contributed by atoms with E-state index in [1.807, 2.05) is 0 Å². The summed E-state index contributed by atoms with van der Waals surface area (Å²) in [4.78, 5) is 21.0. The van der Waals surface area contributed by atoms with Crippen molar-refractivity contribution >= 4 is 11.6 Å². The molecule has 1 N–H and O–H groups in total. The van der Waals surface area contributed by atoms with Crippen molar-refractivity contribution in [2.24, 2.45) is 5.92 Å². The second kappa shape index (κ2) is 5.29. The van der Waals surface area contributed by atoms with Gasteiger partial charge in [-0.1, -0.05) is 12.8 Å². The van der Waals surface area contributed by atoms with Crippen molar-refractivity contribution in [2.45, 2.75) is 19.3 Å². The van der Waals surface area contributed by atoms with Crippen molar-refractivity contribution in [3.63, 3.8) is 0 Å². The molecule has 102 valence electrons. The van der Waals surface area contributed by atoms with Gasteiger partial charge in [-0.05, 0) is 18.4 Å². The first-order chi connectivity index (χ1) is 8.99. The van der Waals surface area contributed by atoms with Crippen LogP contribution >= 0.6 is 0 Å². The summed E-state index contributed by atoms with van der Waals surface area (Å²) in [5.41, 5.74) is -1.49. The molecule has 1 aromatic carbocycles. The SMILES string of the molecule is O=C(NCCC1CC1)c1cc(F)c([N+](=O)[O-])cc1F. The minimum absolute atomic E-state index is 0.390. The second-order valence-electron chi connectivity index (χ2n) is 4.53. The predicted octanol–water partition coefficient (Wildman–Crippen LogP) is 2.40. The summed E-state index contributed by atoms with van der Waals surface area (Å²) in [6.07, 6.45) is 3.08. The maximum absolute atomic E-state index is 13.5. The van der Waals surface area contributed by atoms with Gasteiger partial charge < -0.3 is 5.32 Å². The minimum Gasteiger partial charge on any atom is -0.352 e. The summed E-state index contributed by atoms with van der Waals surface area (Å²) >= 11 is 0. The molecule has 7 heteroatoms. The molecule has 0 aromatic heterocycles. The van der Waals surface area contributed by atoms with Gasteiger partial charge in [0.25, 0.3) is 5.91 Å². The monoisotopic (exact) mass is 270 g/mol. The molecule has 0 atom stereocenters. The van der Waals surface area contributed by atoms with Gasteiger partial charge in [0.05, 0.1) is 16.6 Å². The van der Waals surface area contributed by atoms with E-state index >= 15 is 0 Å². The maximum atomic E-state index is 13.5. The third-order valence-corrected chi connectivity index (χ3v) is 3.01. The van der Waals surface area contributed by atoms with E-state index in [-0.39, 0.29) is 0 Å². The number of benzene rings is 1. The number of amides is 1. The molecule has 5 nitrogen and oxygen atoms in total. The van der Waals surface area contributed by atoms with E-state index < -0.39 is 33.7 Å². The molecule has 19 heavy (non-hydrogen) atoms. The normalized spacial score (nSPS) is 14.2. The Morgan fingerprint density at radius 2 is 2.05 bits per heavy atom. The van der Waals surface area contributed by atoms with E-state index in [1.54, 1.807) is 0 Å². The van der Waals surface area contributed by atoms with Crippen molar-refractivity contribution in [2.75, 3.05) is 6.54 Å². The van der Waals surface area contributed by atoms with Gasteiger partial charge in [0.1, 0.15) is 5.82 Å². The van der Waals surface area contributed by atoms with Crippen molar-refractivity contribution in [3.05, 3.63) is 39.4 Å². The highest BCUT2D eigenvalue weighted by molar-refractivity contribution is 5.94. The average molecular weight is 270 g/mol. The Morgan fingerprint density at radius 3 is 2.63 bits per heavy atom. The van der Waals surface area contributed by atoms with Crippen LogP contribution in [-0.2, 0) is 0 Å². The number of carbonyl (C=O) groups is 1. The molecule has 0 radical (unpaired) electrons. The number of nitrogens with one attached hydrogen (secondary N) is 1. The smallest absolute Gasteiger partial charge is 0.307 e. The Morgan fingerprint density at radius 1 is 1.37 bits per heavy atom. The average Bonchev–Trinajstić information content (AvgIpc) is 3.15. The summed E-state index contributed by atoms with van der Waals surface area (Å²) in [6, 6.07) is 0.977. The fourth-order valence-electron chi connectivity index (χ4n) is 1.74. The number of hydrogen-bond donors (Lipinski definition) is 1. The van der Waals surface area contributed by atoms with Gasteiger partial charge in [0.2, 0.25) is 5.82 Å². The lowest BCUT2D eigenvalue weighted by Gasteiger charge is -2.06. The number of nitrogens with zero attached hydrogens (tertiary/aromatic N) is 1. The van der Waals surface area contributed by atoms with Gasteiger partial charge in [-0.15, -0.1) is 0 Å². The number of hydrogen-bond acceptors (Lipinski definition) is 3. The van der Waals surface area contributed by atoms with Crippen LogP contribution in [0.1, 0.15) is 29.6 Å². The first kappa shape index (κ1) is 13.4. The van der Waals surface area contributed by atoms with Crippen LogP contribution in [0.5, 0.6) is 0 Å². The van der Waals surface area contributed by atoms with Crippen LogP contribution in [0.15, 0.2) is 12.1 Å². The van der Waals surface area contributed by atoms with Gasteiger partial charge in [0.15, 0.2) is 0 Å². The first-order valence-electron chi connectivity index (χ1n) is 5.90. The Hall–Kier alpha value is -2.05. The fourth-order valence-corrected chi connectivity index (χ4v) is 1.74. The number of nitro groups is 1. The molecule has 1 aromatic rings. The molecule has 0 spiro atoms. The van der Waals surface area contributed by atoms with Gasteiger partial charge >= 0.3 is 5.69 Å². The second-order valence-corrected chi connectivity index (χ2v) is 4.53. The lowest BCUT2D eigenvalue weighted by molar-refractivity contribution is -0.387. The third kappa shape index (κ3) is 3.24. The zero-order valence-corrected chi connectivity index (χ0v) is 9.99. The predicted molar refractivity (Wildman–Crippen MR) is 62.7 cm³/mol. The molecule has 0 bridgehead atoms. The quantitative estimate of drug-likeness (QED) is 0.659. The van der Waals surface area contributed by atoms with Crippen molar-refractivity contribution < 1.29 is 18.5 Å². The molecule has 0 heterocycles. The summed E-state index contributed by atoms with van der Waals surface area (Å²) in [7, 11) is 0. The van der Waals surface area contributed by atoms with Crippen LogP contribution in [0.25, 0.3) is 0 Å². The van der Waals surface area contributed by atoms with Gasteiger partial charge in [-0.25, -0.2) is 4.39 Å². The number of carbonyl (C=O) groups excluding carboxylic acids is 1. The molecule has 0 unspecified atom stereocenters.